The number of carbonyl (C=O) groups is 2. The van der Waals surface area contributed by atoms with E-state index in [1.807, 2.05) is 0 Å². The fraction of sp³-hybridized carbons (Fsp3) is 0.394. The van der Waals surface area contributed by atoms with E-state index in [9.17, 15) is 18.4 Å². The second kappa shape index (κ2) is 15.8. The van der Waals surface area contributed by atoms with Crippen LogP contribution >= 0.6 is 0 Å². The molecular weight excluding hydrogens is 514 g/mol. The summed E-state index contributed by atoms with van der Waals surface area (Å²) >= 11 is 0. The van der Waals surface area contributed by atoms with Gasteiger partial charge in [-0.15, -0.1) is 0 Å². The average Bonchev–Trinajstić information content (AvgIpc) is 2.95. The van der Waals surface area contributed by atoms with Crippen LogP contribution in [0.2, 0.25) is 0 Å². The third kappa shape index (κ3) is 9.18. The summed E-state index contributed by atoms with van der Waals surface area (Å²) in [5.74, 6) is -2.78. The highest BCUT2D eigenvalue weighted by Crippen LogP contribution is 2.28. The van der Waals surface area contributed by atoms with Crippen molar-refractivity contribution in [3.05, 3.63) is 77.9 Å². The number of halogens is 2. The van der Waals surface area contributed by atoms with Crippen molar-refractivity contribution in [2.45, 2.75) is 72.1 Å². The highest BCUT2D eigenvalue weighted by Gasteiger charge is 2.18. The summed E-state index contributed by atoms with van der Waals surface area (Å²) in [7, 11) is 0. The third-order valence-corrected chi connectivity index (χ3v) is 6.61. The van der Waals surface area contributed by atoms with E-state index in [2.05, 4.69) is 13.8 Å². The van der Waals surface area contributed by atoms with Gasteiger partial charge in [-0.1, -0.05) is 77.5 Å². The van der Waals surface area contributed by atoms with Crippen molar-refractivity contribution in [2.75, 3.05) is 6.61 Å². The molecular formula is C33H38F2O5. The molecule has 0 aliphatic heterocycles. The molecule has 0 saturated carbocycles. The molecule has 3 aromatic rings. The normalized spacial score (nSPS) is 11.6. The first-order valence-corrected chi connectivity index (χ1v) is 14.1. The SMILES string of the molecule is CCCCCCOc1ccc(-c2ccc(C(=O)Oc3ccc(OC(=O)C(C)CCCCC)c(F)c3)cc2)cc1F. The van der Waals surface area contributed by atoms with Crippen LogP contribution in [0.1, 0.15) is 82.5 Å². The lowest BCUT2D eigenvalue weighted by molar-refractivity contribution is -0.138. The third-order valence-electron chi connectivity index (χ3n) is 6.61. The molecule has 0 aromatic heterocycles. The van der Waals surface area contributed by atoms with Crippen molar-refractivity contribution in [3.8, 4) is 28.4 Å². The first kappa shape index (κ1) is 30.8. The van der Waals surface area contributed by atoms with E-state index in [1.54, 1.807) is 43.3 Å². The molecule has 0 heterocycles. The van der Waals surface area contributed by atoms with Crippen molar-refractivity contribution in [1.29, 1.82) is 0 Å². The second-order valence-corrected chi connectivity index (χ2v) is 9.93. The smallest absolute Gasteiger partial charge is 0.343 e. The van der Waals surface area contributed by atoms with Gasteiger partial charge >= 0.3 is 11.9 Å². The van der Waals surface area contributed by atoms with E-state index in [1.165, 1.54) is 18.2 Å². The Morgan fingerprint density at radius 3 is 2.05 bits per heavy atom. The summed E-state index contributed by atoms with van der Waals surface area (Å²) in [4.78, 5) is 24.9. The lowest BCUT2D eigenvalue weighted by Gasteiger charge is -2.12. The van der Waals surface area contributed by atoms with Gasteiger partial charge in [0.2, 0.25) is 0 Å². The van der Waals surface area contributed by atoms with Crippen LogP contribution in [0.25, 0.3) is 11.1 Å². The predicted molar refractivity (Wildman–Crippen MR) is 152 cm³/mol. The van der Waals surface area contributed by atoms with Crippen molar-refractivity contribution in [2.24, 2.45) is 5.92 Å². The number of hydrogen-bond acceptors (Lipinski definition) is 5. The molecule has 0 radical (unpaired) electrons. The molecule has 0 fully saturated rings. The first-order chi connectivity index (χ1) is 19.3. The summed E-state index contributed by atoms with van der Waals surface area (Å²) in [6.45, 7) is 6.44. The van der Waals surface area contributed by atoms with E-state index < -0.39 is 23.6 Å². The molecule has 5 nitrogen and oxygen atoms in total. The lowest BCUT2D eigenvalue weighted by atomic mass is 10.0. The van der Waals surface area contributed by atoms with Gasteiger partial charge in [0.15, 0.2) is 23.1 Å². The average molecular weight is 553 g/mol. The minimum absolute atomic E-state index is 0.0188. The quantitative estimate of drug-likeness (QED) is 0.107. The summed E-state index contributed by atoms with van der Waals surface area (Å²) < 4.78 is 45.1. The standard InChI is InChI=1S/C33H38F2O5/c1-4-6-8-10-20-38-30-18-16-26(21-28(30)34)24-12-14-25(15-13-24)33(37)39-27-17-19-31(29(35)22-27)40-32(36)23(3)11-9-7-5-2/h12-19,21-23H,4-11,20H2,1-3H3. The highest BCUT2D eigenvalue weighted by atomic mass is 19.1. The highest BCUT2D eigenvalue weighted by molar-refractivity contribution is 5.91. The number of ether oxygens (including phenoxy) is 3. The summed E-state index contributed by atoms with van der Waals surface area (Å²) in [6, 6.07) is 14.9. The summed E-state index contributed by atoms with van der Waals surface area (Å²) in [5, 5.41) is 0. The van der Waals surface area contributed by atoms with E-state index in [0.717, 1.165) is 51.0 Å². The van der Waals surface area contributed by atoms with Crippen LogP contribution in [0, 0.1) is 17.6 Å². The van der Waals surface area contributed by atoms with Crippen LogP contribution in [0.4, 0.5) is 8.78 Å². The number of carbonyl (C=O) groups excluding carboxylic acids is 2. The largest absolute Gasteiger partial charge is 0.491 e. The van der Waals surface area contributed by atoms with Gasteiger partial charge in [0, 0.05) is 6.07 Å². The Labute approximate surface area is 235 Å². The Bertz CT molecular complexity index is 1260. The molecule has 0 amide bonds. The Balaban J connectivity index is 1.56. The van der Waals surface area contributed by atoms with Gasteiger partial charge in [0.25, 0.3) is 0 Å². The van der Waals surface area contributed by atoms with E-state index in [0.29, 0.717) is 24.2 Å². The van der Waals surface area contributed by atoms with Gasteiger partial charge in [-0.25, -0.2) is 13.6 Å². The van der Waals surface area contributed by atoms with Gasteiger partial charge in [-0.05, 0) is 60.4 Å². The van der Waals surface area contributed by atoms with Crippen LogP contribution in [0.3, 0.4) is 0 Å². The summed E-state index contributed by atoms with van der Waals surface area (Å²) in [6.07, 6.45) is 7.85. The van der Waals surface area contributed by atoms with Crippen LogP contribution in [-0.2, 0) is 4.79 Å². The monoisotopic (exact) mass is 552 g/mol. The van der Waals surface area contributed by atoms with Crippen molar-refractivity contribution in [3.63, 3.8) is 0 Å². The fourth-order valence-corrected chi connectivity index (χ4v) is 4.13. The van der Waals surface area contributed by atoms with Gasteiger partial charge in [-0.3, -0.25) is 4.79 Å². The van der Waals surface area contributed by atoms with Gasteiger partial charge < -0.3 is 14.2 Å². The zero-order valence-corrected chi connectivity index (χ0v) is 23.5. The second-order valence-electron chi connectivity index (χ2n) is 9.93. The molecule has 0 saturated heterocycles. The lowest BCUT2D eigenvalue weighted by Crippen LogP contribution is -2.18. The Morgan fingerprint density at radius 1 is 0.725 bits per heavy atom. The van der Waals surface area contributed by atoms with Gasteiger partial charge in [0.05, 0.1) is 18.1 Å². The molecule has 0 aliphatic rings. The van der Waals surface area contributed by atoms with Crippen LogP contribution < -0.4 is 14.2 Å². The minimum atomic E-state index is -0.801. The topological polar surface area (TPSA) is 61.8 Å². The molecule has 0 spiro atoms. The molecule has 40 heavy (non-hydrogen) atoms. The Morgan fingerprint density at radius 2 is 1.38 bits per heavy atom. The van der Waals surface area contributed by atoms with E-state index >= 15 is 0 Å². The molecule has 0 aliphatic carbocycles. The number of hydrogen-bond donors (Lipinski definition) is 0. The van der Waals surface area contributed by atoms with Crippen molar-refractivity contribution in [1.82, 2.24) is 0 Å². The van der Waals surface area contributed by atoms with Crippen LogP contribution in [0.5, 0.6) is 17.2 Å². The number of esters is 2. The molecule has 1 atom stereocenters. The molecule has 0 N–H and O–H groups in total. The first-order valence-electron chi connectivity index (χ1n) is 14.1. The van der Waals surface area contributed by atoms with Crippen molar-refractivity contribution < 1.29 is 32.6 Å². The predicted octanol–water partition coefficient (Wildman–Crippen LogP) is 8.93. The van der Waals surface area contributed by atoms with Crippen molar-refractivity contribution >= 4 is 11.9 Å². The number of rotatable bonds is 15. The van der Waals surface area contributed by atoms with Gasteiger partial charge in [0.1, 0.15) is 5.75 Å². The van der Waals surface area contributed by atoms with Gasteiger partial charge in [-0.2, -0.15) is 0 Å². The van der Waals surface area contributed by atoms with Crippen LogP contribution in [0.15, 0.2) is 60.7 Å². The maximum Gasteiger partial charge on any atom is 0.343 e. The fourth-order valence-electron chi connectivity index (χ4n) is 4.13. The molecule has 1 unspecified atom stereocenters. The minimum Gasteiger partial charge on any atom is -0.491 e. The van der Waals surface area contributed by atoms with E-state index in [4.69, 9.17) is 14.2 Å². The van der Waals surface area contributed by atoms with E-state index in [-0.39, 0.29) is 28.7 Å². The maximum atomic E-state index is 14.5. The zero-order chi connectivity index (χ0) is 28.9. The molecule has 3 aromatic carbocycles. The summed E-state index contributed by atoms with van der Waals surface area (Å²) in [5.41, 5.74) is 1.60. The Hall–Kier alpha value is -3.74. The Kier molecular flexibility index (Phi) is 12.1. The molecule has 7 heteroatoms. The number of unbranched alkanes of at least 4 members (excludes halogenated alkanes) is 5. The zero-order valence-electron chi connectivity index (χ0n) is 23.5. The number of benzene rings is 3. The molecule has 3 rings (SSSR count). The molecule has 214 valence electrons. The molecule has 0 bridgehead atoms. The van der Waals surface area contributed by atoms with Crippen LogP contribution in [-0.4, -0.2) is 18.5 Å². The maximum absolute atomic E-state index is 14.5.